The molecule has 9 rings (SSSR count). The summed E-state index contributed by atoms with van der Waals surface area (Å²) in [5.41, 5.74) is 7.74. The number of nitrogens with two attached hydrogens (primary N) is 1. The second kappa shape index (κ2) is 13.2. The van der Waals surface area contributed by atoms with Crippen molar-refractivity contribution in [2.45, 2.75) is 168 Å². The maximum Gasteiger partial charge on any atom is 0.410 e. The minimum absolute atomic E-state index is 0.0362. The van der Waals surface area contributed by atoms with Crippen LogP contribution >= 0.6 is 0 Å². The van der Waals surface area contributed by atoms with Crippen molar-refractivity contribution in [2.24, 2.45) is 62.9 Å². The van der Waals surface area contributed by atoms with E-state index in [0.29, 0.717) is 11.8 Å². The van der Waals surface area contributed by atoms with Gasteiger partial charge in [-0.15, -0.1) is 0 Å². The van der Waals surface area contributed by atoms with Gasteiger partial charge >= 0.3 is 6.09 Å². The fourth-order valence-corrected chi connectivity index (χ4v) is 15.4. The molecule has 0 aromatic heterocycles. The maximum atomic E-state index is 13.0. The van der Waals surface area contributed by atoms with Crippen LogP contribution in [0.25, 0.3) is 0 Å². The van der Waals surface area contributed by atoms with E-state index in [1.54, 1.807) is 4.90 Å². The number of carbonyl (C=O) groups is 1. The monoisotopic (exact) mass is 769 g/mol. The van der Waals surface area contributed by atoms with Gasteiger partial charge in [0, 0.05) is 51.4 Å². The van der Waals surface area contributed by atoms with E-state index in [1.165, 1.54) is 32.4 Å². The Morgan fingerprint density at radius 2 is 1.69 bits per heavy atom. The van der Waals surface area contributed by atoms with Crippen LogP contribution < -0.4 is 5.73 Å². The molecular formula is C45H76N4O6. The SMILES string of the molecule is CC(C)[C@@H](OC(=O)N1CCC1)C1C[C@@H](C)[C@H]2[C@@H](O1)[C@H](O)[C@@]1(N)C3CC[C@H]4C(C)(C)[C@@H](O[C@H]5CN(CC6CN(C(C)(C)C)C6)CCO5)CC[C@@]45C[C@@]35CC[C@]21C. The highest BCUT2D eigenvalue weighted by molar-refractivity contribution is 5.68. The third-order valence-electron chi connectivity index (χ3n) is 18.5. The number of nitrogens with zero attached hydrogens (tertiary/aromatic N) is 3. The standard InChI is InChI=1S/C45H76N4O6/c1-27(2)36(55-39(51)48-17-10-18-48)30-21-28(3)35-37(53-30)38(50)45(46)32-12-11-31-41(7,8)33(13-14-43(31)26-44(32,43)16-15-42(35,45)9)54-34-25-47(19-20-52-34)22-29-23-49(24-29)40(4,5)6/h27-38,50H,10-26,46H2,1-9H3/t28-,30?,31+,32?,33+,34+,35+,36-,37-,38+,42-,43-,44+,45+/m1/s1. The maximum absolute atomic E-state index is 13.0. The highest BCUT2D eigenvalue weighted by Gasteiger charge is 2.85. The van der Waals surface area contributed by atoms with Gasteiger partial charge in [0.1, 0.15) is 6.10 Å². The summed E-state index contributed by atoms with van der Waals surface area (Å²) in [6, 6.07) is 0. The van der Waals surface area contributed by atoms with Crippen molar-refractivity contribution >= 4 is 6.09 Å². The average Bonchev–Trinajstić information content (AvgIpc) is 3.69. The number of ether oxygens (including phenoxy) is 4. The molecule has 3 N–H and O–H groups in total. The van der Waals surface area contributed by atoms with E-state index < -0.39 is 11.6 Å². The molecule has 10 nitrogen and oxygen atoms in total. The number of likely N-dealkylation sites (tertiary alicyclic amines) is 2. The molecule has 4 aliphatic heterocycles. The predicted molar refractivity (Wildman–Crippen MR) is 212 cm³/mol. The van der Waals surface area contributed by atoms with Crippen LogP contribution in [-0.2, 0) is 18.9 Å². The van der Waals surface area contributed by atoms with E-state index in [4.69, 9.17) is 24.7 Å². The van der Waals surface area contributed by atoms with Gasteiger partial charge in [0.25, 0.3) is 0 Å². The molecule has 55 heavy (non-hydrogen) atoms. The first kappa shape index (κ1) is 39.5. The van der Waals surface area contributed by atoms with Gasteiger partial charge in [0.05, 0.1) is 36.6 Å². The zero-order chi connectivity index (χ0) is 39.1. The third kappa shape index (κ3) is 5.74. The summed E-state index contributed by atoms with van der Waals surface area (Å²) in [6.07, 6.45) is 7.94. The third-order valence-corrected chi connectivity index (χ3v) is 18.5. The van der Waals surface area contributed by atoms with Crippen LogP contribution in [0.5, 0.6) is 0 Å². The molecule has 2 unspecified atom stereocenters. The number of aliphatic hydroxyl groups is 1. The average molecular weight is 769 g/mol. The van der Waals surface area contributed by atoms with Gasteiger partial charge in [-0.2, -0.15) is 0 Å². The van der Waals surface area contributed by atoms with Gasteiger partial charge in [0.2, 0.25) is 0 Å². The summed E-state index contributed by atoms with van der Waals surface area (Å²) in [7, 11) is 0. The van der Waals surface area contributed by atoms with Gasteiger partial charge in [-0.1, -0.05) is 41.5 Å². The number of aliphatic hydroxyl groups excluding tert-OH is 1. The molecule has 1 amide bonds. The second-order valence-corrected chi connectivity index (χ2v) is 22.8. The molecular weight excluding hydrogens is 693 g/mol. The summed E-state index contributed by atoms with van der Waals surface area (Å²) >= 11 is 0. The Balaban J connectivity index is 0.884. The van der Waals surface area contributed by atoms with E-state index >= 15 is 0 Å². The molecule has 5 aliphatic carbocycles. The van der Waals surface area contributed by atoms with Crippen molar-refractivity contribution in [2.75, 3.05) is 52.4 Å². The minimum Gasteiger partial charge on any atom is -0.443 e. The first-order chi connectivity index (χ1) is 25.9. The number of fused-ring (bicyclic) bond motifs is 4. The topological polar surface area (TPSA) is 110 Å². The fraction of sp³-hybridized carbons (Fsp3) is 0.978. The highest BCUT2D eigenvalue weighted by Crippen LogP contribution is 2.87. The Morgan fingerprint density at radius 1 is 0.982 bits per heavy atom. The molecule has 0 bridgehead atoms. The summed E-state index contributed by atoms with van der Waals surface area (Å²) in [5, 5.41) is 12.6. The number of hydrogen-bond acceptors (Lipinski definition) is 9. The lowest BCUT2D eigenvalue weighted by atomic mass is 9.43. The van der Waals surface area contributed by atoms with E-state index in [9.17, 15) is 9.90 Å². The first-order valence-corrected chi connectivity index (χ1v) is 22.7. The summed E-state index contributed by atoms with van der Waals surface area (Å²) in [4.78, 5) is 20.0. The van der Waals surface area contributed by atoms with E-state index in [1.807, 2.05) is 0 Å². The molecule has 5 saturated carbocycles. The molecule has 312 valence electrons. The molecule has 10 heteroatoms. The van der Waals surface area contributed by atoms with Gasteiger partial charge in [-0.05, 0) is 136 Å². The molecule has 0 aromatic carbocycles. The number of hydrogen-bond donors (Lipinski definition) is 2. The minimum atomic E-state index is -0.737. The fourth-order valence-electron chi connectivity index (χ4n) is 15.4. The smallest absolute Gasteiger partial charge is 0.410 e. The van der Waals surface area contributed by atoms with Crippen LogP contribution in [-0.4, -0.2) is 126 Å². The Labute approximate surface area is 332 Å². The highest BCUT2D eigenvalue weighted by atomic mass is 16.7. The Bertz CT molecular complexity index is 1480. The second-order valence-electron chi connectivity index (χ2n) is 22.8. The lowest BCUT2D eigenvalue weighted by molar-refractivity contribution is -0.247. The lowest BCUT2D eigenvalue weighted by Gasteiger charge is -2.63. The molecule has 4 saturated heterocycles. The molecule has 2 spiro atoms. The normalized spacial score (nSPS) is 48.7. The first-order valence-electron chi connectivity index (χ1n) is 22.7. The Hall–Kier alpha value is -1.01. The van der Waals surface area contributed by atoms with E-state index in [-0.39, 0.29) is 81.8 Å². The molecule has 14 atom stereocenters. The van der Waals surface area contributed by atoms with Crippen LogP contribution in [0.3, 0.4) is 0 Å². The van der Waals surface area contributed by atoms with Crippen molar-refractivity contribution in [3.05, 3.63) is 0 Å². The van der Waals surface area contributed by atoms with Crippen molar-refractivity contribution in [3.8, 4) is 0 Å². The van der Waals surface area contributed by atoms with Crippen molar-refractivity contribution < 1.29 is 28.8 Å². The summed E-state index contributed by atoms with van der Waals surface area (Å²) in [6.45, 7) is 28.6. The number of amides is 1. The largest absolute Gasteiger partial charge is 0.443 e. The van der Waals surface area contributed by atoms with Gasteiger partial charge < -0.3 is 34.7 Å². The van der Waals surface area contributed by atoms with Crippen LogP contribution in [0.15, 0.2) is 0 Å². The van der Waals surface area contributed by atoms with Crippen LogP contribution in [0.1, 0.15) is 120 Å². The van der Waals surface area contributed by atoms with Crippen molar-refractivity contribution in [3.63, 3.8) is 0 Å². The molecule has 4 heterocycles. The molecule has 0 aromatic rings. The predicted octanol–water partition coefficient (Wildman–Crippen LogP) is 6.13. The summed E-state index contributed by atoms with van der Waals surface area (Å²) in [5.74, 6) is 2.21. The lowest BCUT2D eigenvalue weighted by Crippen LogP contribution is -2.70. The summed E-state index contributed by atoms with van der Waals surface area (Å²) < 4.78 is 26.5. The van der Waals surface area contributed by atoms with E-state index in [2.05, 4.69) is 72.1 Å². The van der Waals surface area contributed by atoms with Crippen molar-refractivity contribution in [1.29, 1.82) is 0 Å². The quantitative estimate of drug-likeness (QED) is 0.316. The van der Waals surface area contributed by atoms with Crippen LogP contribution in [0, 0.1) is 57.2 Å². The Kier molecular flexibility index (Phi) is 9.50. The van der Waals surface area contributed by atoms with Crippen LogP contribution in [0.4, 0.5) is 4.79 Å². The van der Waals surface area contributed by atoms with Gasteiger partial charge in [-0.3, -0.25) is 9.80 Å². The zero-order valence-corrected chi connectivity index (χ0v) is 35.9. The van der Waals surface area contributed by atoms with E-state index in [0.717, 1.165) is 83.8 Å². The molecule has 9 aliphatic rings. The number of rotatable bonds is 7. The Morgan fingerprint density at radius 3 is 2.36 bits per heavy atom. The van der Waals surface area contributed by atoms with Crippen molar-refractivity contribution in [1.82, 2.24) is 14.7 Å². The zero-order valence-electron chi connectivity index (χ0n) is 35.9. The molecule has 9 fully saturated rings. The van der Waals surface area contributed by atoms with Gasteiger partial charge in [0.15, 0.2) is 6.29 Å². The molecule has 0 radical (unpaired) electrons. The number of morpholine rings is 1. The van der Waals surface area contributed by atoms with Gasteiger partial charge in [-0.25, -0.2) is 4.79 Å². The number of carbonyl (C=O) groups excluding carboxylic acids is 1. The van der Waals surface area contributed by atoms with Crippen LogP contribution in [0.2, 0.25) is 0 Å².